The minimum absolute atomic E-state index is 0.0000712. The van der Waals surface area contributed by atoms with Gasteiger partial charge in [-0.3, -0.25) is 4.79 Å². The second kappa shape index (κ2) is 6.92. The Hall–Kier alpha value is -1.79. The molecule has 6 heteroatoms. The van der Waals surface area contributed by atoms with Crippen molar-refractivity contribution >= 4 is 5.91 Å². The van der Waals surface area contributed by atoms with E-state index < -0.39 is 0 Å². The van der Waals surface area contributed by atoms with Crippen molar-refractivity contribution in [3.8, 4) is 11.5 Å². The van der Waals surface area contributed by atoms with Gasteiger partial charge in [0, 0.05) is 24.6 Å². The monoisotopic (exact) mass is 389 g/mol. The highest BCUT2D eigenvalue weighted by molar-refractivity contribution is 5.76. The topological polar surface area (TPSA) is 88.0 Å². The molecule has 0 radical (unpaired) electrons. The van der Waals surface area contributed by atoms with Crippen LogP contribution in [0.15, 0.2) is 18.2 Å². The normalized spacial score (nSPS) is 35.4. The zero-order valence-electron chi connectivity index (χ0n) is 16.9. The Bertz CT molecular complexity index is 763. The average molecular weight is 389 g/mol. The zero-order valence-corrected chi connectivity index (χ0v) is 16.9. The Morgan fingerprint density at radius 2 is 2.18 bits per heavy atom. The maximum absolute atomic E-state index is 12.4. The van der Waals surface area contributed by atoms with E-state index in [1.165, 1.54) is 0 Å². The third kappa shape index (κ3) is 2.80. The Morgan fingerprint density at radius 1 is 1.39 bits per heavy atom. The minimum Gasteiger partial charge on any atom is -0.508 e. The van der Waals surface area contributed by atoms with Gasteiger partial charge in [0.1, 0.15) is 11.5 Å². The summed E-state index contributed by atoms with van der Waals surface area (Å²) in [5.41, 5.74) is 0.728. The molecule has 6 nitrogen and oxygen atoms in total. The van der Waals surface area contributed by atoms with E-state index in [-0.39, 0.29) is 53.6 Å². The summed E-state index contributed by atoms with van der Waals surface area (Å²) in [7, 11) is 1.62. The van der Waals surface area contributed by atoms with Crippen molar-refractivity contribution < 1.29 is 24.5 Å². The first kappa shape index (κ1) is 19.5. The van der Waals surface area contributed by atoms with Crippen LogP contribution in [-0.2, 0) is 9.53 Å². The molecule has 1 aliphatic heterocycles. The van der Waals surface area contributed by atoms with E-state index in [1.807, 2.05) is 6.07 Å². The van der Waals surface area contributed by atoms with E-state index in [0.29, 0.717) is 18.3 Å². The van der Waals surface area contributed by atoms with Crippen molar-refractivity contribution in [2.75, 3.05) is 20.3 Å². The number of carbonyl (C=O) groups excluding carboxylic acids is 1. The Kier molecular flexibility index (Phi) is 4.82. The first-order valence-corrected chi connectivity index (χ1v) is 10.2. The molecule has 1 aromatic carbocycles. The lowest BCUT2D eigenvalue weighted by atomic mass is 9.58. The van der Waals surface area contributed by atoms with Gasteiger partial charge in [-0.15, -0.1) is 0 Å². The summed E-state index contributed by atoms with van der Waals surface area (Å²) in [4.78, 5) is 12.4. The summed E-state index contributed by atoms with van der Waals surface area (Å²) in [5.74, 6) is 1.57. The number of ether oxygens (including phenoxy) is 2. The number of hydrogen-bond donors (Lipinski definition) is 3. The highest BCUT2D eigenvalue weighted by atomic mass is 16.5. The van der Waals surface area contributed by atoms with Crippen LogP contribution in [0.4, 0.5) is 0 Å². The summed E-state index contributed by atoms with van der Waals surface area (Å²) in [6.45, 7) is 4.97. The Morgan fingerprint density at radius 3 is 2.89 bits per heavy atom. The maximum atomic E-state index is 12.4. The summed E-state index contributed by atoms with van der Waals surface area (Å²) in [6, 6.07) is 5.33. The molecular formula is C22H31NO5. The van der Waals surface area contributed by atoms with Gasteiger partial charge in [-0.1, -0.05) is 13.8 Å². The van der Waals surface area contributed by atoms with Gasteiger partial charge < -0.3 is 25.0 Å². The van der Waals surface area contributed by atoms with Crippen LogP contribution >= 0.6 is 0 Å². The molecule has 4 rings (SSSR count). The summed E-state index contributed by atoms with van der Waals surface area (Å²) in [5, 5.41) is 22.9. The smallest absolute Gasteiger partial charge is 0.222 e. The van der Waals surface area contributed by atoms with Gasteiger partial charge in [-0.25, -0.2) is 0 Å². The molecular weight excluding hydrogens is 358 g/mol. The molecule has 1 amide bonds. The third-order valence-corrected chi connectivity index (χ3v) is 7.69. The predicted octanol–water partition coefficient (Wildman–Crippen LogP) is 2.78. The SMILES string of the molecule is COc1ccc(O)c([C@H]2OCCC34C[C@@H](C[C@H]23)C(C)(C)[C@H]4NC(=O)CCO)c1. The number of hydrogen-bond acceptors (Lipinski definition) is 5. The fourth-order valence-corrected chi connectivity index (χ4v) is 6.32. The number of aliphatic hydroxyl groups is 1. The maximum Gasteiger partial charge on any atom is 0.222 e. The minimum atomic E-state index is -0.206. The van der Waals surface area contributed by atoms with E-state index in [0.717, 1.165) is 24.8 Å². The standard InChI is InChI=1S/C22H31NO5/c1-21(2)13-10-16-19(15-11-14(27-3)4-5-17(15)25)28-9-7-22(16,12-13)20(21)23-18(26)6-8-24/h4-5,11,13,16,19-20,24-25H,6-10,12H2,1-3H3,(H,23,26)/t13-,16-,19-,20-,22?/m1/s1. The van der Waals surface area contributed by atoms with E-state index in [2.05, 4.69) is 19.2 Å². The first-order chi connectivity index (χ1) is 13.3. The van der Waals surface area contributed by atoms with Crippen LogP contribution in [0.2, 0.25) is 0 Å². The lowest BCUT2D eigenvalue weighted by Crippen LogP contribution is -2.59. The van der Waals surface area contributed by atoms with E-state index in [4.69, 9.17) is 14.6 Å². The summed E-state index contributed by atoms with van der Waals surface area (Å²) >= 11 is 0. The van der Waals surface area contributed by atoms with Gasteiger partial charge in [0.15, 0.2) is 0 Å². The lowest BCUT2D eigenvalue weighted by molar-refractivity contribution is -0.138. The van der Waals surface area contributed by atoms with Gasteiger partial charge in [-0.05, 0) is 60.1 Å². The number of phenolic OH excluding ortho intramolecular Hbond substituents is 1. The molecule has 28 heavy (non-hydrogen) atoms. The van der Waals surface area contributed by atoms with Crippen molar-refractivity contribution in [2.24, 2.45) is 22.7 Å². The molecule has 0 aromatic heterocycles. The highest BCUT2D eigenvalue weighted by Crippen LogP contribution is 2.70. The van der Waals surface area contributed by atoms with Crippen LogP contribution in [0.5, 0.6) is 11.5 Å². The van der Waals surface area contributed by atoms with Gasteiger partial charge in [0.2, 0.25) is 5.91 Å². The number of nitrogens with one attached hydrogen (secondary N) is 1. The molecule has 154 valence electrons. The molecule has 1 aromatic rings. The number of aliphatic hydroxyl groups excluding tert-OH is 1. The predicted molar refractivity (Wildman–Crippen MR) is 104 cm³/mol. The van der Waals surface area contributed by atoms with Crippen LogP contribution in [0.25, 0.3) is 0 Å². The van der Waals surface area contributed by atoms with Crippen LogP contribution in [0.1, 0.15) is 51.2 Å². The quantitative estimate of drug-likeness (QED) is 0.721. The first-order valence-electron chi connectivity index (χ1n) is 10.2. The van der Waals surface area contributed by atoms with Crippen LogP contribution in [-0.4, -0.2) is 42.5 Å². The summed E-state index contributed by atoms with van der Waals surface area (Å²) in [6.07, 6.45) is 2.93. The second-order valence-electron chi connectivity index (χ2n) is 9.24. The van der Waals surface area contributed by atoms with Gasteiger partial charge in [-0.2, -0.15) is 0 Å². The highest BCUT2D eigenvalue weighted by Gasteiger charge is 2.68. The fourth-order valence-electron chi connectivity index (χ4n) is 6.32. The van der Waals surface area contributed by atoms with Crippen LogP contribution in [0.3, 0.4) is 0 Å². The second-order valence-corrected chi connectivity index (χ2v) is 9.24. The zero-order chi connectivity index (χ0) is 20.1. The number of aromatic hydroxyl groups is 1. The van der Waals surface area contributed by atoms with Crippen molar-refractivity contribution in [1.29, 1.82) is 0 Å². The van der Waals surface area contributed by atoms with Crippen molar-refractivity contribution in [1.82, 2.24) is 5.32 Å². The molecule has 1 saturated heterocycles. The fraction of sp³-hybridized carbons (Fsp3) is 0.682. The van der Waals surface area contributed by atoms with Gasteiger partial charge in [0.05, 0.1) is 19.8 Å². The molecule has 1 heterocycles. The molecule has 2 saturated carbocycles. The Labute approximate surface area is 166 Å². The lowest BCUT2D eigenvalue weighted by Gasteiger charge is -2.53. The molecule has 1 spiro atoms. The molecule has 3 N–H and O–H groups in total. The van der Waals surface area contributed by atoms with Gasteiger partial charge >= 0.3 is 0 Å². The number of phenols is 1. The number of fused-ring (bicyclic) bond motifs is 1. The number of rotatable bonds is 5. The van der Waals surface area contributed by atoms with Gasteiger partial charge in [0.25, 0.3) is 0 Å². The number of carbonyl (C=O) groups is 1. The van der Waals surface area contributed by atoms with Crippen molar-refractivity contribution in [2.45, 2.75) is 51.7 Å². The van der Waals surface area contributed by atoms with E-state index >= 15 is 0 Å². The molecule has 2 bridgehead atoms. The third-order valence-electron chi connectivity index (χ3n) is 7.69. The average Bonchev–Trinajstić information content (AvgIpc) is 3.15. The van der Waals surface area contributed by atoms with E-state index in [1.54, 1.807) is 19.2 Å². The van der Waals surface area contributed by atoms with Crippen molar-refractivity contribution in [3.05, 3.63) is 23.8 Å². The Balaban J connectivity index is 1.69. The number of methoxy groups -OCH3 is 1. The molecule has 2 aliphatic carbocycles. The van der Waals surface area contributed by atoms with Crippen LogP contribution in [0, 0.1) is 22.7 Å². The number of amides is 1. The molecule has 1 unspecified atom stereocenters. The number of benzene rings is 1. The van der Waals surface area contributed by atoms with E-state index in [9.17, 15) is 9.90 Å². The molecule has 3 aliphatic rings. The largest absolute Gasteiger partial charge is 0.508 e. The molecule has 3 fully saturated rings. The summed E-state index contributed by atoms with van der Waals surface area (Å²) < 4.78 is 11.6. The van der Waals surface area contributed by atoms with Crippen LogP contribution < -0.4 is 10.1 Å². The van der Waals surface area contributed by atoms with Crippen molar-refractivity contribution in [3.63, 3.8) is 0 Å². The molecule has 5 atom stereocenters.